The number of aromatic nitrogens is 3. The molecular formula is C18H21ClN4O. The summed E-state index contributed by atoms with van der Waals surface area (Å²) in [5.41, 5.74) is 2.61. The van der Waals surface area contributed by atoms with E-state index in [0.717, 1.165) is 50.3 Å². The number of hydrogen-bond acceptors (Lipinski definition) is 5. The van der Waals surface area contributed by atoms with Crippen LogP contribution >= 0.6 is 11.6 Å². The van der Waals surface area contributed by atoms with Crippen LogP contribution in [0.3, 0.4) is 0 Å². The molecule has 0 N–H and O–H groups in total. The minimum absolute atomic E-state index is 0.208. The van der Waals surface area contributed by atoms with Crippen molar-refractivity contribution in [1.29, 1.82) is 0 Å². The first-order chi connectivity index (χ1) is 11.8. The Morgan fingerprint density at radius 2 is 1.92 bits per heavy atom. The maximum atomic E-state index is 6.03. The molecule has 24 heavy (non-hydrogen) atoms. The zero-order chi connectivity index (χ0) is 16.4. The Hall–Kier alpha value is -1.88. The lowest BCUT2D eigenvalue weighted by molar-refractivity contribution is 0.170. The van der Waals surface area contributed by atoms with E-state index in [1.54, 1.807) is 18.7 Å². The number of pyridine rings is 1. The van der Waals surface area contributed by atoms with E-state index in [-0.39, 0.29) is 6.10 Å². The summed E-state index contributed by atoms with van der Waals surface area (Å²) in [6, 6.07) is 1.82. The fourth-order valence-electron chi connectivity index (χ4n) is 3.61. The van der Waals surface area contributed by atoms with Gasteiger partial charge in [-0.05, 0) is 25.7 Å². The molecule has 0 amide bonds. The highest BCUT2D eigenvalue weighted by atomic mass is 35.5. The number of hydrogen-bond donors (Lipinski definition) is 0. The van der Waals surface area contributed by atoms with Gasteiger partial charge in [-0.1, -0.05) is 11.6 Å². The van der Waals surface area contributed by atoms with Gasteiger partial charge in [-0.25, -0.2) is 9.97 Å². The van der Waals surface area contributed by atoms with E-state index in [1.807, 2.05) is 6.07 Å². The molecule has 2 aromatic rings. The molecule has 126 valence electrons. The van der Waals surface area contributed by atoms with E-state index in [1.165, 1.54) is 24.1 Å². The van der Waals surface area contributed by atoms with Crippen LogP contribution < -0.4 is 9.64 Å². The van der Waals surface area contributed by atoms with E-state index in [4.69, 9.17) is 16.3 Å². The molecule has 0 saturated carbocycles. The van der Waals surface area contributed by atoms with Crippen LogP contribution in [0.5, 0.6) is 5.75 Å². The predicted octanol–water partition coefficient (Wildman–Crippen LogP) is 3.45. The van der Waals surface area contributed by atoms with Gasteiger partial charge in [0.05, 0.1) is 11.2 Å². The number of nitrogens with zero attached hydrogens (tertiary/aromatic N) is 4. The number of anilines is 1. The van der Waals surface area contributed by atoms with Crippen LogP contribution in [0, 0.1) is 0 Å². The van der Waals surface area contributed by atoms with E-state index in [0.29, 0.717) is 5.02 Å². The molecule has 0 spiro atoms. The molecule has 0 aromatic carbocycles. The maximum absolute atomic E-state index is 6.03. The highest BCUT2D eigenvalue weighted by molar-refractivity contribution is 6.30. The van der Waals surface area contributed by atoms with Crippen LogP contribution in [0.4, 0.5) is 5.82 Å². The van der Waals surface area contributed by atoms with E-state index in [9.17, 15) is 0 Å². The van der Waals surface area contributed by atoms with Crippen LogP contribution in [0.2, 0.25) is 5.02 Å². The van der Waals surface area contributed by atoms with Crippen molar-refractivity contribution in [2.75, 3.05) is 18.0 Å². The zero-order valence-electron chi connectivity index (χ0n) is 13.6. The molecule has 2 aliphatic rings. The molecule has 0 bridgehead atoms. The third kappa shape index (κ3) is 3.31. The van der Waals surface area contributed by atoms with Crippen molar-refractivity contribution in [2.45, 2.75) is 44.6 Å². The minimum atomic E-state index is 0.208. The molecule has 1 aliphatic heterocycles. The smallest absolute Gasteiger partial charge is 0.139 e. The van der Waals surface area contributed by atoms with Gasteiger partial charge in [0, 0.05) is 49.5 Å². The van der Waals surface area contributed by atoms with Crippen LogP contribution in [-0.2, 0) is 12.8 Å². The van der Waals surface area contributed by atoms with Gasteiger partial charge in [-0.3, -0.25) is 4.98 Å². The summed E-state index contributed by atoms with van der Waals surface area (Å²) in [6.07, 6.45) is 11.9. The third-order valence-electron chi connectivity index (χ3n) is 4.83. The summed E-state index contributed by atoms with van der Waals surface area (Å²) in [5.74, 6) is 1.89. The van der Waals surface area contributed by atoms with E-state index >= 15 is 0 Å². The molecule has 6 heteroatoms. The lowest BCUT2D eigenvalue weighted by atomic mass is 9.95. The Morgan fingerprint density at radius 1 is 1.08 bits per heavy atom. The van der Waals surface area contributed by atoms with Gasteiger partial charge in [-0.15, -0.1) is 0 Å². The van der Waals surface area contributed by atoms with Crippen LogP contribution in [-0.4, -0.2) is 34.1 Å². The van der Waals surface area contributed by atoms with Crippen molar-refractivity contribution in [3.63, 3.8) is 0 Å². The lowest BCUT2D eigenvalue weighted by Gasteiger charge is -2.34. The maximum Gasteiger partial charge on any atom is 0.139 e. The van der Waals surface area contributed by atoms with Crippen molar-refractivity contribution < 1.29 is 4.74 Å². The largest absolute Gasteiger partial charge is 0.489 e. The van der Waals surface area contributed by atoms with Gasteiger partial charge in [0.1, 0.15) is 24.0 Å². The molecule has 1 fully saturated rings. The minimum Gasteiger partial charge on any atom is -0.489 e. The predicted molar refractivity (Wildman–Crippen MR) is 93.8 cm³/mol. The summed E-state index contributed by atoms with van der Waals surface area (Å²) in [6.45, 7) is 1.92. The molecule has 2 aromatic heterocycles. The fourth-order valence-corrected chi connectivity index (χ4v) is 3.78. The molecule has 0 unspecified atom stereocenters. The van der Waals surface area contributed by atoms with Crippen LogP contribution in [0.1, 0.15) is 36.9 Å². The summed E-state index contributed by atoms with van der Waals surface area (Å²) in [4.78, 5) is 15.5. The van der Waals surface area contributed by atoms with E-state index < -0.39 is 0 Å². The summed E-state index contributed by atoms with van der Waals surface area (Å²) >= 11 is 5.97. The van der Waals surface area contributed by atoms with Gasteiger partial charge in [-0.2, -0.15) is 0 Å². The number of fused-ring (bicyclic) bond motifs is 1. The highest BCUT2D eigenvalue weighted by Gasteiger charge is 2.25. The van der Waals surface area contributed by atoms with Gasteiger partial charge >= 0.3 is 0 Å². The normalized spacial score (nSPS) is 18.3. The Balaban J connectivity index is 1.41. The van der Waals surface area contributed by atoms with Gasteiger partial charge < -0.3 is 9.64 Å². The Morgan fingerprint density at radius 3 is 2.75 bits per heavy atom. The van der Waals surface area contributed by atoms with Crippen molar-refractivity contribution in [3.8, 4) is 5.75 Å². The van der Waals surface area contributed by atoms with Crippen LogP contribution in [0.25, 0.3) is 0 Å². The number of ether oxygens (including phenoxy) is 1. The standard InChI is InChI=1S/C18H21ClN4O/c19-13-9-15(11-20-10-13)24-14-5-7-23(8-6-14)18-16-3-1-2-4-17(16)21-12-22-18/h9-12,14H,1-8H2. The van der Waals surface area contributed by atoms with Crippen molar-refractivity contribution >= 4 is 17.4 Å². The quantitative estimate of drug-likeness (QED) is 0.853. The topological polar surface area (TPSA) is 51.1 Å². The van der Waals surface area contributed by atoms with Crippen LogP contribution in [0.15, 0.2) is 24.8 Å². The molecule has 0 atom stereocenters. The number of rotatable bonds is 3. The summed E-state index contributed by atoms with van der Waals surface area (Å²) in [7, 11) is 0. The average molecular weight is 345 g/mol. The second-order valence-electron chi connectivity index (χ2n) is 6.47. The monoisotopic (exact) mass is 344 g/mol. The average Bonchev–Trinajstić information content (AvgIpc) is 2.62. The second-order valence-corrected chi connectivity index (χ2v) is 6.91. The lowest BCUT2D eigenvalue weighted by Crippen LogP contribution is -2.39. The van der Waals surface area contributed by atoms with Crippen molar-refractivity contribution in [2.24, 2.45) is 0 Å². The number of piperidine rings is 1. The van der Waals surface area contributed by atoms with Gasteiger partial charge in [0.15, 0.2) is 0 Å². The number of aryl methyl sites for hydroxylation is 1. The number of halogens is 1. The van der Waals surface area contributed by atoms with Crippen molar-refractivity contribution in [3.05, 3.63) is 41.1 Å². The van der Waals surface area contributed by atoms with Gasteiger partial charge in [0.25, 0.3) is 0 Å². The summed E-state index contributed by atoms with van der Waals surface area (Å²) in [5, 5.41) is 0.609. The fraction of sp³-hybridized carbons (Fsp3) is 0.500. The highest BCUT2D eigenvalue weighted by Crippen LogP contribution is 2.29. The Bertz CT molecular complexity index is 716. The summed E-state index contributed by atoms with van der Waals surface area (Å²) < 4.78 is 6.03. The third-order valence-corrected chi connectivity index (χ3v) is 5.03. The zero-order valence-corrected chi connectivity index (χ0v) is 14.4. The van der Waals surface area contributed by atoms with Gasteiger partial charge in [0.2, 0.25) is 0 Å². The van der Waals surface area contributed by atoms with Crippen molar-refractivity contribution in [1.82, 2.24) is 15.0 Å². The molecule has 1 saturated heterocycles. The second kappa shape index (κ2) is 6.93. The van der Waals surface area contributed by atoms with E-state index in [2.05, 4.69) is 19.9 Å². The SMILES string of the molecule is Clc1cncc(OC2CCN(c3ncnc4c3CCCC4)CC2)c1. The molecule has 0 radical (unpaired) electrons. The molecule has 5 nitrogen and oxygen atoms in total. The first kappa shape index (κ1) is 15.6. The molecular weight excluding hydrogens is 324 g/mol. The first-order valence-corrected chi connectivity index (χ1v) is 9.02. The Kier molecular flexibility index (Phi) is 4.52. The molecule has 1 aliphatic carbocycles. The Labute approximate surface area is 147 Å². The first-order valence-electron chi connectivity index (χ1n) is 8.64. The molecule has 4 rings (SSSR count). The molecule has 3 heterocycles.